The van der Waals surface area contributed by atoms with Crippen LogP contribution in [0, 0.1) is 6.92 Å². The highest BCUT2D eigenvalue weighted by Gasteiger charge is 2.18. The summed E-state index contributed by atoms with van der Waals surface area (Å²) < 4.78 is 13.7. The minimum Gasteiger partial charge on any atom is -0.496 e. The molecule has 1 heterocycles. The summed E-state index contributed by atoms with van der Waals surface area (Å²) in [6.45, 7) is 2.06. The molecule has 1 aromatic carbocycles. The Labute approximate surface area is 105 Å². The van der Waals surface area contributed by atoms with E-state index in [0.717, 1.165) is 17.0 Å². The van der Waals surface area contributed by atoms with Gasteiger partial charge in [-0.1, -0.05) is 17.7 Å². The van der Waals surface area contributed by atoms with E-state index in [-0.39, 0.29) is 6.04 Å². The molecule has 0 fully saturated rings. The van der Waals surface area contributed by atoms with E-state index in [0.29, 0.717) is 0 Å². The Kier molecular flexibility index (Phi) is 3.71. The molecule has 0 saturated heterocycles. The third kappa shape index (κ3) is 2.45. The summed E-state index contributed by atoms with van der Waals surface area (Å²) >= 11 is 1.21. The third-order valence-corrected chi connectivity index (χ3v) is 3.15. The highest BCUT2D eigenvalue weighted by atomic mass is 32.1. The van der Waals surface area contributed by atoms with Gasteiger partial charge in [-0.2, -0.15) is 8.75 Å². The lowest BCUT2D eigenvalue weighted by Crippen LogP contribution is -2.18. The molecule has 17 heavy (non-hydrogen) atoms. The zero-order valence-electron chi connectivity index (χ0n) is 10.1. The van der Waals surface area contributed by atoms with Crippen molar-refractivity contribution in [3.8, 4) is 5.75 Å². The maximum Gasteiger partial charge on any atom is 0.124 e. The van der Waals surface area contributed by atoms with Crippen molar-refractivity contribution in [3.05, 3.63) is 41.2 Å². The fourth-order valence-corrected chi connectivity index (χ4v) is 2.29. The molecule has 1 atom stereocenters. The average molecular weight is 249 g/mol. The van der Waals surface area contributed by atoms with Gasteiger partial charge < -0.3 is 10.1 Å². The van der Waals surface area contributed by atoms with Crippen molar-refractivity contribution in [1.82, 2.24) is 14.1 Å². The van der Waals surface area contributed by atoms with Crippen LogP contribution in [0.3, 0.4) is 0 Å². The van der Waals surface area contributed by atoms with Crippen LogP contribution in [0.4, 0.5) is 0 Å². The Morgan fingerprint density at radius 3 is 2.82 bits per heavy atom. The molecule has 2 rings (SSSR count). The molecular weight excluding hydrogens is 234 g/mol. The molecule has 0 aliphatic carbocycles. The summed E-state index contributed by atoms with van der Waals surface area (Å²) in [7, 11) is 3.59. The third-order valence-electron chi connectivity index (χ3n) is 2.66. The van der Waals surface area contributed by atoms with Gasteiger partial charge in [-0.3, -0.25) is 0 Å². The van der Waals surface area contributed by atoms with Crippen molar-refractivity contribution in [1.29, 1.82) is 0 Å². The van der Waals surface area contributed by atoms with Crippen LogP contribution in [0.5, 0.6) is 5.75 Å². The van der Waals surface area contributed by atoms with E-state index in [1.54, 1.807) is 13.3 Å². The molecule has 0 aliphatic heterocycles. The summed E-state index contributed by atoms with van der Waals surface area (Å²) in [5.41, 5.74) is 3.20. The Balaban J connectivity index is 2.46. The van der Waals surface area contributed by atoms with Crippen molar-refractivity contribution in [2.24, 2.45) is 0 Å². The van der Waals surface area contributed by atoms with Gasteiger partial charge in [0.25, 0.3) is 0 Å². The highest BCUT2D eigenvalue weighted by Crippen LogP contribution is 2.29. The molecular formula is C12H15N3OS. The standard InChI is InChI=1S/C12H15N3OS/c1-8-4-5-11(16-3)9(6-8)12(13-2)10-7-14-17-15-10/h4-7,12-13H,1-3H3. The number of nitrogens with one attached hydrogen (secondary N) is 1. The maximum atomic E-state index is 5.40. The molecule has 0 bridgehead atoms. The van der Waals surface area contributed by atoms with Crippen LogP contribution in [0.1, 0.15) is 22.9 Å². The van der Waals surface area contributed by atoms with E-state index < -0.39 is 0 Å². The SMILES string of the molecule is CNC(c1cnsn1)c1cc(C)ccc1OC. The zero-order chi connectivity index (χ0) is 12.3. The number of aryl methyl sites for hydroxylation is 1. The van der Waals surface area contributed by atoms with Gasteiger partial charge in [0, 0.05) is 5.56 Å². The largest absolute Gasteiger partial charge is 0.496 e. The molecule has 1 aromatic heterocycles. The quantitative estimate of drug-likeness (QED) is 0.902. The van der Waals surface area contributed by atoms with E-state index in [4.69, 9.17) is 4.74 Å². The first-order chi connectivity index (χ1) is 8.26. The summed E-state index contributed by atoms with van der Waals surface area (Å²) in [6, 6.07) is 6.14. The molecule has 0 spiro atoms. The lowest BCUT2D eigenvalue weighted by atomic mass is 10.0. The second-order valence-corrected chi connectivity index (χ2v) is 4.36. The van der Waals surface area contributed by atoms with Gasteiger partial charge in [-0.25, -0.2) is 0 Å². The Morgan fingerprint density at radius 2 is 2.24 bits per heavy atom. The summed E-state index contributed by atoms with van der Waals surface area (Å²) in [6.07, 6.45) is 1.79. The second-order valence-electron chi connectivity index (χ2n) is 3.80. The number of ether oxygens (including phenoxy) is 1. The highest BCUT2D eigenvalue weighted by molar-refractivity contribution is 6.99. The van der Waals surface area contributed by atoms with Crippen LogP contribution in [0.2, 0.25) is 0 Å². The Hall–Kier alpha value is -1.46. The van der Waals surface area contributed by atoms with E-state index in [2.05, 4.69) is 27.1 Å². The van der Waals surface area contributed by atoms with Crippen LogP contribution in [0.15, 0.2) is 24.4 Å². The van der Waals surface area contributed by atoms with Gasteiger partial charge in [0.15, 0.2) is 0 Å². The number of hydrogen-bond acceptors (Lipinski definition) is 5. The fraction of sp³-hybridized carbons (Fsp3) is 0.333. The van der Waals surface area contributed by atoms with Crippen molar-refractivity contribution in [2.75, 3.05) is 14.2 Å². The van der Waals surface area contributed by atoms with Crippen LogP contribution in [-0.2, 0) is 0 Å². The Morgan fingerprint density at radius 1 is 1.41 bits per heavy atom. The van der Waals surface area contributed by atoms with Crippen LogP contribution in [-0.4, -0.2) is 22.9 Å². The average Bonchev–Trinajstić information content (AvgIpc) is 2.84. The van der Waals surface area contributed by atoms with Crippen LogP contribution in [0.25, 0.3) is 0 Å². The molecule has 0 amide bonds. The summed E-state index contributed by atoms with van der Waals surface area (Å²) in [5, 5.41) is 3.25. The van der Waals surface area contributed by atoms with Gasteiger partial charge in [-0.15, -0.1) is 0 Å². The molecule has 2 aromatic rings. The predicted octanol–water partition coefficient (Wildman–Crippen LogP) is 2.16. The Bertz CT molecular complexity index is 485. The predicted molar refractivity (Wildman–Crippen MR) is 68.5 cm³/mol. The smallest absolute Gasteiger partial charge is 0.124 e. The number of nitrogens with zero attached hydrogens (tertiary/aromatic N) is 2. The normalized spacial score (nSPS) is 12.4. The molecule has 4 nitrogen and oxygen atoms in total. The number of benzene rings is 1. The first-order valence-electron chi connectivity index (χ1n) is 5.35. The molecule has 0 saturated carbocycles. The molecule has 1 N–H and O–H groups in total. The number of methoxy groups -OCH3 is 1. The number of aromatic nitrogens is 2. The van der Waals surface area contributed by atoms with Gasteiger partial charge >= 0.3 is 0 Å². The topological polar surface area (TPSA) is 47.0 Å². The van der Waals surface area contributed by atoms with Crippen molar-refractivity contribution in [2.45, 2.75) is 13.0 Å². The molecule has 0 radical (unpaired) electrons. The van der Waals surface area contributed by atoms with E-state index in [1.165, 1.54) is 17.3 Å². The van der Waals surface area contributed by atoms with E-state index in [1.807, 2.05) is 19.2 Å². The van der Waals surface area contributed by atoms with E-state index >= 15 is 0 Å². The van der Waals surface area contributed by atoms with Gasteiger partial charge in [0.1, 0.15) is 5.75 Å². The zero-order valence-corrected chi connectivity index (χ0v) is 10.9. The van der Waals surface area contributed by atoms with Gasteiger partial charge in [0.05, 0.1) is 36.8 Å². The van der Waals surface area contributed by atoms with Crippen molar-refractivity contribution >= 4 is 11.7 Å². The number of rotatable bonds is 4. The summed E-state index contributed by atoms with van der Waals surface area (Å²) in [5.74, 6) is 0.864. The minimum atomic E-state index is 0.0172. The fourth-order valence-electron chi connectivity index (χ4n) is 1.84. The molecule has 5 heteroatoms. The lowest BCUT2D eigenvalue weighted by molar-refractivity contribution is 0.405. The molecule has 90 valence electrons. The van der Waals surface area contributed by atoms with Gasteiger partial charge in [0.2, 0.25) is 0 Å². The maximum absolute atomic E-state index is 5.40. The first-order valence-corrected chi connectivity index (χ1v) is 6.08. The lowest BCUT2D eigenvalue weighted by Gasteiger charge is -2.17. The minimum absolute atomic E-state index is 0.0172. The first kappa shape index (κ1) is 12.0. The second kappa shape index (κ2) is 5.25. The van der Waals surface area contributed by atoms with Crippen molar-refractivity contribution in [3.63, 3.8) is 0 Å². The molecule has 1 unspecified atom stereocenters. The number of hydrogen-bond donors (Lipinski definition) is 1. The van der Waals surface area contributed by atoms with Crippen LogP contribution < -0.4 is 10.1 Å². The van der Waals surface area contributed by atoms with Crippen LogP contribution >= 0.6 is 11.7 Å². The monoisotopic (exact) mass is 249 g/mol. The van der Waals surface area contributed by atoms with Gasteiger partial charge in [-0.05, 0) is 20.0 Å². The summed E-state index contributed by atoms with van der Waals surface area (Å²) in [4.78, 5) is 0. The molecule has 0 aliphatic rings. The van der Waals surface area contributed by atoms with Crippen molar-refractivity contribution < 1.29 is 4.74 Å². The van der Waals surface area contributed by atoms with E-state index in [9.17, 15) is 0 Å².